The second-order valence-corrected chi connectivity index (χ2v) is 6.52. The molecule has 22 heavy (non-hydrogen) atoms. The number of aliphatic hydroxyl groups excluding tert-OH is 1. The van der Waals surface area contributed by atoms with Crippen LogP contribution < -0.4 is 0 Å². The van der Waals surface area contributed by atoms with Crippen molar-refractivity contribution in [1.82, 2.24) is 4.90 Å². The van der Waals surface area contributed by atoms with Crippen LogP contribution in [0.4, 0.5) is 4.79 Å². The van der Waals surface area contributed by atoms with Crippen LogP contribution in [-0.2, 0) is 4.74 Å². The van der Waals surface area contributed by atoms with Crippen molar-refractivity contribution < 1.29 is 24.9 Å². The van der Waals surface area contributed by atoms with Gasteiger partial charge in [0.05, 0.1) is 12.6 Å². The lowest BCUT2D eigenvalue weighted by Crippen LogP contribution is -2.43. The molecular weight excluding hydrogens is 286 g/mol. The highest BCUT2D eigenvalue weighted by Crippen LogP contribution is 2.26. The summed E-state index contributed by atoms with van der Waals surface area (Å²) in [6, 6.07) is 3.69. The van der Waals surface area contributed by atoms with E-state index in [2.05, 4.69) is 0 Å². The molecule has 1 amide bonds. The minimum atomic E-state index is -1.05. The average Bonchev–Trinajstić information content (AvgIpc) is 2.31. The molecule has 0 radical (unpaired) electrons. The number of carbonyl (C=O) groups is 1. The molecule has 1 atom stereocenters. The normalized spacial score (nSPS) is 13.0. The number of aliphatic hydroxyl groups is 1. The summed E-state index contributed by atoms with van der Waals surface area (Å²) in [6.45, 7) is 8.94. The van der Waals surface area contributed by atoms with Crippen LogP contribution in [0.15, 0.2) is 18.2 Å². The minimum Gasteiger partial charge on any atom is -0.508 e. The quantitative estimate of drug-likeness (QED) is 0.795. The van der Waals surface area contributed by atoms with Gasteiger partial charge < -0.3 is 25.0 Å². The summed E-state index contributed by atoms with van der Waals surface area (Å²) in [5.41, 5.74) is -0.301. The van der Waals surface area contributed by atoms with Gasteiger partial charge in [0, 0.05) is 12.1 Å². The lowest BCUT2D eigenvalue weighted by molar-refractivity contribution is 0.00724. The second kappa shape index (κ2) is 6.87. The fourth-order valence-corrected chi connectivity index (χ4v) is 1.92. The highest BCUT2D eigenvalue weighted by Gasteiger charge is 2.26. The Morgan fingerprint density at radius 1 is 1.18 bits per heavy atom. The van der Waals surface area contributed by atoms with Gasteiger partial charge in [0.25, 0.3) is 0 Å². The molecule has 1 aromatic carbocycles. The van der Waals surface area contributed by atoms with E-state index in [9.17, 15) is 20.1 Å². The van der Waals surface area contributed by atoms with Crippen molar-refractivity contribution in [3.8, 4) is 11.5 Å². The predicted octanol–water partition coefficient (Wildman–Crippen LogP) is 2.78. The van der Waals surface area contributed by atoms with Crippen LogP contribution in [0.3, 0.4) is 0 Å². The first-order chi connectivity index (χ1) is 9.99. The van der Waals surface area contributed by atoms with Gasteiger partial charge in [-0.2, -0.15) is 0 Å². The van der Waals surface area contributed by atoms with E-state index in [0.717, 1.165) is 0 Å². The van der Waals surface area contributed by atoms with E-state index < -0.39 is 17.8 Å². The molecule has 1 unspecified atom stereocenters. The molecule has 0 aliphatic rings. The molecule has 0 aliphatic carbocycles. The van der Waals surface area contributed by atoms with Crippen molar-refractivity contribution in [2.45, 2.75) is 52.4 Å². The standard InChI is InChI=1S/C16H25NO5/c1-10(2)17(15(21)22-16(3,4)5)9-14(20)11-6-12(18)8-13(19)7-11/h6-8,10,14,18-20H,9H2,1-5H3. The van der Waals surface area contributed by atoms with E-state index >= 15 is 0 Å². The van der Waals surface area contributed by atoms with Crippen LogP contribution in [0, 0.1) is 0 Å². The first-order valence-corrected chi connectivity index (χ1v) is 7.20. The van der Waals surface area contributed by atoms with Crippen molar-refractivity contribution in [1.29, 1.82) is 0 Å². The number of ether oxygens (including phenoxy) is 1. The van der Waals surface area contributed by atoms with E-state index in [1.807, 2.05) is 13.8 Å². The lowest BCUT2D eigenvalue weighted by Gasteiger charge is -2.31. The number of nitrogens with zero attached hydrogens (tertiary/aromatic N) is 1. The Bertz CT molecular complexity index is 502. The molecule has 124 valence electrons. The third-order valence-electron chi connectivity index (χ3n) is 2.93. The molecule has 0 spiro atoms. The largest absolute Gasteiger partial charge is 0.508 e. The maximum absolute atomic E-state index is 12.2. The van der Waals surface area contributed by atoms with Crippen LogP contribution in [0.25, 0.3) is 0 Å². The zero-order valence-corrected chi connectivity index (χ0v) is 13.7. The molecule has 6 heteroatoms. The summed E-state index contributed by atoms with van der Waals surface area (Å²) in [5, 5.41) is 29.2. The van der Waals surface area contributed by atoms with Crippen LogP contribution >= 0.6 is 0 Å². The van der Waals surface area contributed by atoms with Crippen molar-refractivity contribution >= 4 is 6.09 Å². The fraction of sp³-hybridized carbons (Fsp3) is 0.562. The zero-order chi connectivity index (χ0) is 17.1. The molecule has 0 bridgehead atoms. The highest BCUT2D eigenvalue weighted by atomic mass is 16.6. The summed E-state index contributed by atoms with van der Waals surface area (Å²) >= 11 is 0. The molecule has 6 nitrogen and oxygen atoms in total. The van der Waals surface area contributed by atoms with Gasteiger partial charge in [-0.15, -0.1) is 0 Å². The third kappa shape index (κ3) is 5.44. The first kappa shape index (κ1) is 18.1. The van der Waals surface area contributed by atoms with E-state index in [-0.39, 0.29) is 24.1 Å². The summed E-state index contributed by atoms with van der Waals surface area (Å²) in [4.78, 5) is 13.6. The Hall–Kier alpha value is -1.95. The van der Waals surface area contributed by atoms with Crippen molar-refractivity contribution in [3.05, 3.63) is 23.8 Å². The number of amides is 1. The second-order valence-electron chi connectivity index (χ2n) is 6.52. The van der Waals surface area contributed by atoms with Gasteiger partial charge >= 0.3 is 6.09 Å². The number of hydrogen-bond donors (Lipinski definition) is 3. The molecule has 0 aromatic heterocycles. The average molecular weight is 311 g/mol. The van der Waals surface area contributed by atoms with Gasteiger partial charge in [0.15, 0.2) is 0 Å². The van der Waals surface area contributed by atoms with Crippen LogP contribution in [0.5, 0.6) is 11.5 Å². The topological polar surface area (TPSA) is 90.2 Å². The monoisotopic (exact) mass is 311 g/mol. The van der Waals surface area contributed by atoms with Gasteiger partial charge in [-0.1, -0.05) is 0 Å². The number of aromatic hydroxyl groups is 2. The predicted molar refractivity (Wildman–Crippen MR) is 82.8 cm³/mol. The highest BCUT2D eigenvalue weighted by molar-refractivity contribution is 5.68. The van der Waals surface area contributed by atoms with Gasteiger partial charge in [0.2, 0.25) is 0 Å². The Labute approximate surface area is 130 Å². The third-order valence-corrected chi connectivity index (χ3v) is 2.93. The Kier molecular flexibility index (Phi) is 5.65. The van der Waals surface area contributed by atoms with E-state index in [0.29, 0.717) is 5.56 Å². The van der Waals surface area contributed by atoms with Crippen LogP contribution in [-0.4, -0.2) is 44.5 Å². The van der Waals surface area contributed by atoms with Crippen molar-refractivity contribution in [2.24, 2.45) is 0 Å². The maximum atomic E-state index is 12.2. The summed E-state index contributed by atoms with van der Waals surface area (Å²) < 4.78 is 5.32. The lowest BCUT2D eigenvalue weighted by atomic mass is 10.1. The molecule has 1 rings (SSSR count). The molecule has 1 aromatic rings. The number of carbonyl (C=O) groups excluding carboxylic acids is 1. The Morgan fingerprint density at radius 3 is 2.09 bits per heavy atom. The molecule has 0 heterocycles. The molecule has 3 N–H and O–H groups in total. The first-order valence-electron chi connectivity index (χ1n) is 7.20. The summed E-state index contributed by atoms with van der Waals surface area (Å²) in [7, 11) is 0. The van der Waals surface area contributed by atoms with Gasteiger partial charge in [0.1, 0.15) is 17.1 Å². The SMILES string of the molecule is CC(C)N(CC(O)c1cc(O)cc(O)c1)C(=O)OC(C)(C)C. The van der Waals surface area contributed by atoms with Crippen molar-refractivity contribution in [3.63, 3.8) is 0 Å². The number of rotatable bonds is 4. The summed E-state index contributed by atoms with van der Waals surface area (Å²) in [5.74, 6) is -0.301. The zero-order valence-electron chi connectivity index (χ0n) is 13.7. The molecule has 0 fully saturated rings. The Morgan fingerprint density at radius 2 is 1.68 bits per heavy atom. The Balaban J connectivity index is 2.88. The number of phenols is 2. The number of hydrogen-bond acceptors (Lipinski definition) is 5. The molecule has 0 saturated heterocycles. The van der Waals surface area contributed by atoms with Crippen LogP contribution in [0.2, 0.25) is 0 Å². The number of benzene rings is 1. The van der Waals surface area contributed by atoms with Gasteiger partial charge in [-0.05, 0) is 52.3 Å². The van der Waals surface area contributed by atoms with E-state index in [1.54, 1.807) is 20.8 Å². The van der Waals surface area contributed by atoms with Gasteiger partial charge in [-0.25, -0.2) is 4.79 Å². The fourth-order valence-electron chi connectivity index (χ4n) is 1.92. The molecule has 0 saturated carbocycles. The molecular formula is C16H25NO5. The van der Waals surface area contributed by atoms with Crippen LogP contribution in [0.1, 0.15) is 46.3 Å². The minimum absolute atomic E-state index is 0.00449. The number of phenolic OH excluding ortho intramolecular Hbond substituents is 2. The molecule has 0 aliphatic heterocycles. The van der Waals surface area contributed by atoms with Crippen molar-refractivity contribution in [2.75, 3.05) is 6.54 Å². The summed E-state index contributed by atoms with van der Waals surface area (Å²) in [6.07, 6.45) is -1.57. The van der Waals surface area contributed by atoms with E-state index in [4.69, 9.17) is 4.74 Å². The van der Waals surface area contributed by atoms with Gasteiger partial charge in [-0.3, -0.25) is 0 Å². The maximum Gasteiger partial charge on any atom is 0.410 e. The van der Waals surface area contributed by atoms with E-state index in [1.165, 1.54) is 23.1 Å². The smallest absolute Gasteiger partial charge is 0.410 e.